The number of hydrogen-bond donors (Lipinski definition) is 0. The molecule has 12 aromatic rings. The molecule has 12 rings (SSSR count). The third-order valence-corrected chi connectivity index (χ3v) is 13.5. The van der Waals surface area contributed by atoms with Crippen molar-refractivity contribution in [3.63, 3.8) is 0 Å². The van der Waals surface area contributed by atoms with Gasteiger partial charge in [0.25, 0.3) is 0 Å². The summed E-state index contributed by atoms with van der Waals surface area (Å²) in [5.41, 5.74) is 15.2. The lowest BCUT2D eigenvalue weighted by atomic mass is 9.87. The summed E-state index contributed by atoms with van der Waals surface area (Å²) in [7, 11) is 0. The van der Waals surface area contributed by atoms with E-state index in [-0.39, 0.29) is 10.8 Å². The summed E-state index contributed by atoms with van der Waals surface area (Å²) in [4.78, 5) is 4.65. The first kappa shape index (κ1) is 39.8. The molecule has 322 valence electrons. The molecule has 0 spiro atoms. The van der Waals surface area contributed by atoms with E-state index in [4.69, 9.17) is 13.3 Å². The van der Waals surface area contributed by atoms with Crippen molar-refractivity contribution in [3.8, 4) is 0 Å². The van der Waals surface area contributed by atoms with Crippen LogP contribution in [0.15, 0.2) is 189 Å². The van der Waals surface area contributed by atoms with Crippen molar-refractivity contribution in [2.24, 2.45) is 0 Å². The number of benzene rings is 9. The largest absolute Gasteiger partial charge is 0.456 e. The number of para-hydroxylation sites is 2. The fourth-order valence-electron chi connectivity index (χ4n) is 9.88. The van der Waals surface area contributed by atoms with Gasteiger partial charge in [-0.25, -0.2) is 0 Å². The smallest absolute Gasteiger partial charge is 0.140 e. The Morgan fingerprint density at radius 1 is 0.333 bits per heavy atom. The van der Waals surface area contributed by atoms with Gasteiger partial charge in [0, 0.05) is 78.5 Å². The lowest BCUT2D eigenvalue weighted by Gasteiger charge is -2.28. The highest BCUT2D eigenvalue weighted by Gasteiger charge is 2.23. The molecule has 5 nitrogen and oxygen atoms in total. The quantitative estimate of drug-likeness (QED) is 0.167. The molecule has 0 unspecified atom stereocenters. The van der Waals surface area contributed by atoms with Crippen LogP contribution in [0.1, 0.15) is 58.2 Å². The number of rotatable bonds is 6. The van der Waals surface area contributed by atoms with Crippen LogP contribution in [0.5, 0.6) is 0 Å². The monoisotopic (exact) mass is 858 g/mol. The molecule has 0 aliphatic heterocycles. The number of nitrogens with zero attached hydrogens (tertiary/aromatic N) is 2. The Morgan fingerprint density at radius 2 is 0.788 bits per heavy atom. The Kier molecular flexibility index (Phi) is 8.82. The van der Waals surface area contributed by atoms with Crippen LogP contribution in [-0.4, -0.2) is 0 Å². The molecule has 0 aliphatic carbocycles. The Labute approximate surface area is 384 Å². The SMILES string of the molecule is Cc1c(N(c2ccc(C(C)(C)C)cc2)c2ccc3c(c2)oc2ccccc23)ccc2c1oc1cc3cc(N(c4ccc(C(C)(C)C)cc4)c4ccc5c(c4)oc4ccccc45)ccc3cc12. The molecule has 3 aromatic heterocycles. The number of fused-ring (bicyclic) bond motifs is 10. The van der Waals surface area contributed by atoms with Crippen molar-refractivity contribution >= 4 is 111 Å². The van der Waals surface area contributed by atoms with Gasteiger partial charge in [0.1, 0.15) is 33.5 Å². The average Bonchev–Trinajstić information content (AvgIpc) is 4.00. The standard InChI is InChI=1S/C61H50N2O3/c1-37-53(63(43-24-19-41(20-25-43)61(5,6)7)46-27-29-50-48-13-9-11-15-55(48)65-58(50)36-46)31-30-51-52-33-38-16-21-44(32-39(38)34-56(52)66-59(37)51)62(42-22-17-40(18-23-42)60(2,3)4)45-26-28-49-47-12-8-10-14-54(47)64-57(49)35-45/h8-36H,1-7H3. The van der Waals surface area contributed by atoms with Gasteiger partial charge < -0.3 is 23.1 Å². The summed E-state index contributed by atoms with van der Waals surface area (Å²) in [5.74, 6) is 0. The van der Waals surface area contributed by atoms with Gasteiger partial charge in [0.05, 0.1) is 5.69 Å². The third kappa shape index (κ3) is 6.52. The maximum Gasteiger partial charge on any atom is 0.140 e. The molecule has 0 radical (unpaired) electrons. The second-order valence-corrected chi connectivity index (χ2v) is 19.9. The van der Waals surface area contributed by atoms with E-state index >= 15 is 0 Å². The second-order valence-electron chi connectivity index (χ2n) is 19.9. The van der Waals surface area contributed by atoms with Crippen molar-refractivity contribution in [2.45, 2.75) is 59.3 Å². The Balaban J connectivity index is 0.986. The van der Waals surface area contributed by atoms with Gasteiger partial charge >= 0.3 is 0 Å². The van der Waals surface area contributed by atoms with Crippen LogP contribution in [0, 0.1) is 6.92 Å². The minimum atomic E-state index is 0.0315. The zero-order chi connectivity index (χ0) is 45.1. The summed E-state index contributed by atoms with van der Waals surface area (Å²) in [6, 6.07) is 63.2. The fraction of sp³-hybridized carbons (Fsp3) is 0.148. The molecular formula is C61H50N2O3. The molecule has 0 bridgehead atoms. The highest BCUT2D eigenvalue weighted by Crippen LogP contribution is 2.45. The second kappa shape index (κ2) is 14.6. The predicted octanol–water partition coefficient (Wildman–Crippen LogP) is 18.4. The molecular weight excluding hydrogens is 809 g/mol. The zero-order valence-corrected chi connectivity index (χ0v) is 38.4. The van der Waals surface area contributed by atoms with Crippen LogP contribution in [0.25, 0.3) is 76.6 Å². The van der Waals surface area contributed by atoms with Crippen molar-refractivity contribution in [1.29, 1.82) is 0 Å². The average molecular weight is 859 g/mol. The van der Waals surface area contributed by atoms with Gasteiger partial charge in [0.15, 0.2) is 0 Å². The predicted molar refractivity (Wildman–Crippen MR) is 277 cm³/mol. The van der Waals surface area contributed by atoms with E-state index in [9.17, 15) is 0 Å². The Morgan fingerprint density at radius 3 is 1.36 bits per heavy atom. The maximum absolute atomic E-state index is 6.95. The van der Waals surface area contributed by atoms with E-state index in [2.05, 4.69) is 210 Å². The lowest BCUT2D eigenvalue weighted by Crippen LogP contribution is -2.13. The molecule has 0 aliphatic rings. The topological polar surface area (TPSA) is 45.9 Å². The number of hydrogen-bond acceptors (Lipinski definition) is 5. The molecule has 0 amide bonds. The van der Waals surface area contributed by atoms with E-state index in [1.807, 2.05) is 24.3 Å². The minimum Gasteiger partial charge on any atom is -0.456 e. The number of anilines is 6. The van der Waals surface area contributed by atoms with Crippen molar-refractivity contribution < 1.29 is 13.3 Å². The van der Waals surface area contributed by atoms with Crippen LogP contribution in [-0.2, 0) is 10.8 Å². The summed E-state index contributed by atoms with van der Waals surface area (Å²) in [6.07, 6.45) is 0. The molecule has 9 aromatic carbocycles. The molecule has 3 heterocycles. The first-order valence-electron chi connectivity index (χ1n) is 22.9. The summed E-state index contributed by atoms with van der Waals surface area (Å²) in [6.45, 7) is 15.7. The first-order chi connectivity index (χ1) is 31.9. The van der Waals surface area contributed by atoms with E-state index in [0.717, 1.165) is 116 Å². The summed E-state index contributed by atoms with van der Waals surface area (Å²) in [5, 5.41) is 8.87. The highest BCUT2D eigenvalue weighted by molar-refractivity contribution is 6.13. The Hall–Kier alpha value is -7.76. The highest BCUT2D eigenvalue weighted by atomic mass is 16.3. The van der Waals surface area contributed by atoms with Gasteiger partial charge in [-0.05, 0) is 137 Å². The lowest BCUT2D eigenvalue weighted by molar-refractivity contribution is 0.590. The van der Waals surface area contributed by atoms with E-state index < -0.39 is 0 Å². The molecule has 5 heteroatoms. The van der Waals surface area contributed by atoms with Crippen LogP contribution >= 0.6 is 0 Å². The Bertz CT molecular complexity index is 3850. The van der Waals surface area contributed by atoms with Gasteiger partial charge in [-0.2, -0.15) is 0 Å². The summed E-state index contributed by atoms with van der Waals surface area (Å²) < 4.78 is 19.8. The maximum atomic E-state index is 6.95. The molecule has 0 atom stereocenters. The van der Waals surface area contributed by atoms with Gasteiger partial charge in [-0.1, -0.05) is 108 Å². The minimum absolute atomic E-state index is 0.0315. The fourth-order valence-corrected chi connectivity index (χ4v) is 9.88. The summed E-state index contributed by atoms with van der Waals surface area (Å²) >= 11 is 0. The van der Waals surface area contributed by atoms with E-state index in [1.165, 1.54) is 11.1 Å². The van der Waals surface area contributed by atoms with Gasteiger partial charge in [-0.15, -0.1) is 0 Å². The van der Waals surface area contributed by atoms with Gasteiger partial charge in [-0.3, -0.25) is 0 Å². The third-order valence-electron chi connectivity index (χ3n) is 13.5. The number of furan rings is 3. The zero-order valence-electron chi connectivity index (χ0n) is 38.4. The number of aryl methyl sites for hydroxylation is 1. The molecule has 0 saturated heterocycles. The molecule has 0 saturated carbocycles. The van der Waals surface area contributed by atoms with Gasteiger partial charge in [0.2, 0.25) is 0 Å². The van der Waals surface area contributed by atoms with Crippen molar-refractivity contribution in [1.82, 2.24) is 0 Å². The normalized spacial score (nSPS) is 12.5. The van der Waals surface area contributed by atoms with Crippen LogP contribution < -0.4 is 9.80 Å². The van der Waals surface area contributed by atoms with E-state index in [1.54, 1.807) is 0 Å². The first-order valence-corrected chi connectivity index (χ1v) is 22.9. The van der Waals surface area contributed by atoms with Crippen LogP contribution in [0.3, 0.4) is 0 Å². The van der Waals surface area contributed by atoms with Crippen molar-refractivity contribution in [3.05, 3.63) is 193 Å². The molecule has 0 fully saturated rings. The van der Waals surface area contributed by atoms with Crippen molar-refractivity contribution in [2.75, 3.05) is 9.80 Å². The van der Waals surface area contributed by atoms with Crippen LogP contribution in [0.2, 0.25) is 0 Å². The molecule has 0 N–H and O–H groups in total. The molecule has 66 heavy (non-hydrogen) atoms. The van der Waals surface area contributed by atoms with E-state index in [0.29, 0.717) is 0 Å². The van der Waals surface area contributed by atoms with Crippen LogP contribution in [0.4, 0.5) is 34.1 Å².